The largest absolute Gasteiger partial charge is 0.417 e. The number of alkyl halides is 3. The molecule has 36 heavy (non-hydrogen) atoms. The average Bonchev–Trinajstić information content (AvgIpc) is 3.27. The van der Waals surface area contributed by atoms with Crippen molar-refractivity contribution in [2.24, 2.45) is 0 Å². The maximum Gasteiger partial charge on any atom is 0.417 e. The zero-order chi connectivity index (χ0) is 25.4. The molecule has 0 saturated carbocycles. The second-order valence-corrected chi connectivity index (χ2v) is 8.87. The van der Waals surface area contributed by atoms with E-state index >= 15 is 0 Å². The number of benzene rings is 2. The number of nitrogens with zero attached hydrogens (tertiary/aromatic N) is 3. The van der Waals surface area contributed by atoms with Crippen molar-refractivity contribution in [3.05, 3.63) is 72.1 Å². The van der Waals surface area contributed by atoms with Gasteiger partial charge >= 0.3 is 6.18 Å². The van der Waals surface area contributed by atoms with Crippen molar-refractivity contribution < 1.29 is 22.7 Å². The predicted molar refractivity (Wildman–Crippen MR) is 131 cm³/mol. The van der Waals surface area contributed by atoms with Gasteiger partial charge in [0.2, 0.25) is 0 Å². The summed E-state index contributed by atoms with van der Waals surface area (Å²) in [6.07, 6.45) is -1.70. The van der Waals surface area contributed by atoms with Crippen LogP contribution in [-0.4, -0.2) is 46.2 Å². The standard InChI is InChI=1S/C26H24F3N5O2/c1-15-13-34(14-16(2)36-15)18-8-9-19(21(11-18)26(27,28)29)24-32-22-7-3-6-20(23(22)33-24)25(35)31-17-5-4-10-30-12-17/h3-12,15-16H,13-14H2,1-2H3,(H,31,35)(H,32,33)/t15-,16+. The van der Waals surface area contributed by atoms with Crippen LogP contribution in [0.2, 0.25) is 0 Å². The summed E-state index contributed by atoms with van der Waals surface area (Å²) >= 11 is 0. The summed E-state index contributed by atoms with van der Waals surface area (Å²) in [5.74, 6) is -0.400. The van der Waals surface area contributed by atoms with Gasteiger partial charge in [0.1, 0.15) is 11.3 Å². The molecule has 1 fully saturated rings. The number of ether oxygens (including phenoxy) is 1. The van der Waals surface area contributed by atoms with E-state index in [1.54, 1.807) is 42.6 Å². The van der Waals surface area contributed by atoms with Gasteiger partial charge in [-0.05, 0) is 56.3 Å². The zero-order valence-electron chi connectivity index (χ0n) is 19.6. The molecule has 1 aliphatic rings. The number of hydrogen-bond acceptors (Lipinski definition) is 5. The third-order valence-corrected chi connectivity index (χ3v) is 6.03. The van der Waals surface area contributed by atoms with Crippen molar-refractivity contribution in [1.29, 1.82) is 0 Å². The number of fused-ring (bicyclic) bond motifs is 1. The Kier molecular flexibility index (Phi) is 6.13. The lowest BCUT2D eigenvalue weighted by molar-refractivity contribution is -0.137. The van der Waals surface area contributed by atoms with Crippen LogP contribution in [0, 0.1) is 0 Å². The van der Waals surface area contributed by atoms with Crippen LogP contribution in [0.1, 0.15) is 29.8 Å². The maximum atomic E-state index is 14.2. The molecule has 2 atom stereocenters. The average molecular weight is 496 g/mol. The van der Waals surface area contributed by atoms with E-state index < -0.39 is 17.6 Å². The minimum atomic E-state index is -4.60. The van der Waals surface area contributed by atoms with Crippen LogP contribution in [0.5, 0.6) is 0 Å². The lowest BCUT2D eigenvalue weighted by atomic mass is 10.0. The van der Waals surface area contributed by atoms with Crippen molar-refractivity contribution in [2.75, 3.05) is 23.3 Å². The van der Waals surface area contributed by atoms with Crippen molar-refractivity contribution in [3.8, 4) is 11.4 Å². The monoisotopic (exact) mass is 495 g/mol. The molecule has 0 bridgehead atoms. The van der Waals surface area contributed by atoms with E-state index in [4.69, 9.17) is 4.74 Å². The number of rotatable bonds is 4. The Morgan fingerprint density at radius 2 is 1.89 bits per heavy atom. The Bertz CT molecular complexity index is 1390. The fourth-order valence-electron chi connectivity index (χ4n) is 4.54. The highest BCUT2D eigenvalue weighted by Crippen LogP contribution is 2.39. The predicted octanol–water partition coefficient (Wildman–Crippen LogP) is 5.51. The van der Waals surface area contributed by atoms with Crippen LogP contribution in [0.25, 0.3) is 22.4 Å². The van der Waals surface area contributed by atoms with Gasteiger partial charge in [0.15, 0.2) is 0 Å². The third-order valence-electron chi connectivity index (χ3n) is 6.03. The van der Waals surface area contributed by atoms with Gasteiger partial charge in [-0.15, -0.1) is 0 Å². The number of para-hydroxylation sites is 1. The number of carbonyl (C=O) groups excluding carboxylic acids is 1. The fourth-order valence-corrected chi connectivity index (χ4v) is 4.54. The number of halogens is 3. The molecular formula is C26H24F3N5O2. The Morgan fingerprint density at radius 3 is 2.58 bits per heavy atom. The summed E-state index contributed by atoms with van der Waals surface area (Å²) in [4.78, 5) is 26.1. The van der Waals surface area contributed by atoms with Crippen molar-refractivity contribution in [2.45, 2.75) is 32.2 Å². The molecule has 4 aromatic rings. The van der Waals surface area contributed by atoms with E-state index in [1.807, 2.05) is 18.7 Å². The van der Waals surface area contributed by atoms with E-state index in [0.717, 1.165) is 6.07 Å². The summed E-state index contributed by atoms with van der Waals surface area (Å²) < 4.78 is 48.3. The van der Waals surface area contributed by atoms with Crippen LogP contribution in [0.15, 0.2) is 60.9 Å². The smallest absolute Gasteiger partial charge is 0.372 e. The molecule has 0 spiro atoms. The van der Waals surface area contributed by atoms with Gasteiger partial charge in [-0.2, -0.15) is 13.2 Å². The van der Waals surface area contributed by atoms with Crippen LogP contribution < -0.4 is 10.2 Å². The molecule has 0 radical (unpaired) electrons. The highest BCUT2D eigenvalue weighted by Gasteiger charge is 2.36. The van der Waals surface area contributed by atoms with Gasteiger partial charge in [-0.25, -0.2) is 4.98 Å². The van der Waals surface area contributed by atoms with Crippen LogP contribution in [0.3, 0.4) is 0 Å². The van der Waals surface area contributed by atoms with Crippen LogP contribution in [-0.2, 0) is 10.9 Å². The number of amides is 1. The quantitative estimate of drug-likeness (QED) is 0.390. The van der Waals surface area contributed by atoms with Gasteiger partial charge in [-0.1, -0.05) is 6.07 Å². The first kappa shape index (κ1) is 23.8. The second kappa shape index (κ2) is 9.27. The summed E-state index contributed by atoms with van der Waals surface area (Å²) in [7, 11) is 0. The summed E-state index contributed by atoms with van der Waals surface area (Å²) in [5.41, 5.74) is 1.06. The van der Waals surface area contributed by atoms with E-state index in [-0.39, 0.29) is 34.7 Å². The molecule has 2 aromatic heterocycles. The number of morpholine rings is 1. The molecule has 2 N–H and O–H groups in total. The molecule has 0 unspecified atom stereocenters. The number of imidazole rings is 1. The first-order valence-corrected chi connectivity index (χ1v) is 11.5. The highest BCUT2D eigenvalue weighted by atomic mass is 19.4. The van der Waals surface area contributed by atoms with Gasteiger partial charge in [-0.3, -0.25) is 9.78 Å². The maximum absolute atomic E-state index is 14.2. The van der Waals surface area contributed by atoms with Gasteiger partial charge in [0.05, 0.1) is 40.7 Å². The molecular weight excluding hydrogens is 471 g/mol. The number of nitrogens with one attached hydrogen (secondary N) is 2. The summed E-state index contributed by atoms with van der Waals surface area (Å²) in [6, 6.07) is 12.5. The van der Waals surface area contributed by atoms with Gasteiger partial charge < -0.3 is 19.9 Å². The van der Waals surface area contributed by atoms with Gasteiger partial charge in [0.25, 0.3) is 5.91 Å². The SMILES string of the molecule is C[C@@H]1CN(c2ccc(-c3nc4c(C(=O)Nc5cccnc5)cccc4[nH]3)c(C(F)(F)F)c2)C[C@H](C)O1. The number of hydrogen-bond donors (Lipinski definition) is 2. The number of H-pyrrole nitrogens is 1. The third kappa shape index (κ3) is 4.76. The minimum Gasteiger partial charge on any atom is -0.372 e. The summed E-state index contributed by atoms with van der Waals surface area (Å²) in [6.45, 7) is 4.80. The van der Waals surface area contributed by atoms with E-state index in [1.165, 1.54) is 12.3 Å². The first-order chi connectivity index (χ1) is 17.2. The van der Waals surface area contributed by atoms with E-state index in [0.29, 0.717) is 30.0 Å². The molecule has 7 nitrogen and oxygen atoms in total. The second-order valence-electron chi connectivity index (χ2n) is 8.87. The van der Waals surface area contributed by atoms with Crippen molar-refractivity contribution >= 4 is 28.3 Å². The lowest BCUT2D eigenvalue weighted by Crippen LogP contribution is -2.45. The Balaban J connectivity index is 1.53. The molecule has 3 heterocycles. The number of aromatic nitrogens is 3. The Labute approximate surface area is 205 Å². The topological polar surface area (TPSA) is 83.1 Å². The van der Waals surface area contributed by atoms with Crippen molar-refractivity contribution in [1.82, 2.24) is 15.0 Å². The normalized spacial score (nSPS) is 18.4. The molecule has 186 valence electrons. The minimum absolute atomic E-state index is 0.0363. The molecule has 2 aromatic carbocycles. The Morgan fingerprint density at radius 1 is 1.11 bits per heavy atom. The molecule has 0 aliphatic carbocycles. The van der Waals surface area contributed by atoms with E-state index in [9.17, 15) is 18.0 Å². The molecule has 1 amide bonds. The number of pyridine rings is 1. The van der Waals surface area contributed by atoms with E-state index in [2.05, 4.69) is 20.3 Å². The lowest BCUT2D eigenvalue weighted by Gasteiger charge is -2.37. The van der Waals surface area contributed by atoms with Crippen LogP contribution in [0.4, 0.5) is 24.5 Å². The number of anilines is 2. The molecule has 5 rings (SSSR count). The number of aromatic amines is 1. The van der Waals surface area contributed by atoms with Crippen LogP contribution >= 0.6 is 0 Å². The first-order valence-electron chi connectivity index (χ1n) is 11.5. The van der Waals surface area contributed by atoms with Gasteiger partial charge in [0, 0.05) is 30.5 Å². The molecule has 1 aliphatic heterocycles. The van der Waals surface area contributed by atoms with Crippen molar-refractivity contribution in [3.63, 3.8) is 0 Å². The molecule has 1 saturated heterocycles. The summed E-state index contributed by atoms with van der Waals surface area (Å²) in [5, 5.41) is 2.73. The Hall–Kier alpha value is -3.92. The fraction of sp³-hybridized carbons (Fsp3) is 0.269. The highest BCUT2D eigenvalue weighted by molar-refractivity contribution is 6.11. The zero-order valence-corrected chi connectivity index (χ0v) is 19.6. The molecule has 10 heteroatoms. The number of carbonyl (C=O) groups is 1.